The van der Waals surface area contributed by atoms with Crippen LogP contribution in [0, 0.1) is 0 Å². The lowest BCUT2D eigenvalue weighted by molar-refractivity contribution is -0.137. The van der Waals surface area contributed by atoms with E-state index in [2.05, 4.69) is 17.6 Å². The highest BCUT2D eigenvalue weighted by atomic mass is 32.2. The molecule has 0 aromatic carbocycles. The topological polar surface area (TPSA) is 101 Å². The molecule has 0 aromatic rings. The fourth-order valence-corrected chi connectivity index (χ4v) is 1.04. The number of carboxylic acid groups (broad SMARTS) is 1. The number of hydrogen-bond acceptors (Lipinski definition) is 5. The first kappa shape index (κ1) is 10.6. The highest BCUT2D eigenvalue weighted by molar-refractivity contribution is 8.23. The normalized spacial score (nSPS) is 12.2. The number of hydrazine groups is 1. The van der Waals surface area contributed by atoms with Crippen LogP contribution < -0.4 is 17.0 Å². The van der Waals surface area contributed by atoms with Gasteiger partial charge >= 0.3 is 5.97 Å². The first-order chi connectivity index (χ1) is 5.07. The van der Waals surface area contributed by atoms with E-state index in [9.17, 15) is 4.79 Å². The molecule has 0 aliphatic rings. The van der Waals surface area contributed by atoms with E-state index in [1.165, 1.54) is 0 Å². The molecule has 0 aliphatic carbocycles. The van der Waals surface area contributed by atoms with E-state index < -0.39 is 12.0 Å². The van der Waals surface area contributed by atoms with Crippen LogP contribution in [0.15, 0.2) is 0 Å². The molecule has 0 fully saturated rings. The summed E-state index contributed by atoms with van der Waals surface area (Å²) in [5, 5.41) is 8.33. The van der Waals surface area contributed by atoms with Crippen molar-refractivity contribution in [3.8, 4) is 0 Å². The summed E-state index contributed by atoms with van der Waals surface area (Å²) in [6.07, 6.45) is 0. The number of thiocarbonyl (C=S) groups is 1. The Morgan fingerprint density at radius 1 is 1.82 bits per heavy atom. The molecule has 1 unspecified atom stereocenters. The summed E-state index contributed by atoms with van der Waals surface area (Å²) in [4.78, 5) is 10.2. The molecular weight excluding hydrogens is 186 g/mol. The van der Waals surface area contributed by atoms with Gasteiger partial charge in [-0.2, -0.15) is 0 Å². The number of nitrogens with one attached hydrogen (secondary N) is 1. The van der Waals surface area contributed by atoms with E-state index in [0.29, 0.717) is 4.32 Å². The Morgan fingerprint density at radius 2 is 2.36 bits per heavy atom. The molecule has 0 spiro atoms. The molecule has 0 saturated heterocycles. The van der Waals surface area contributed by atoms with Gasteiger partial charge in [0, 0.05) is 5.75 Å². The maximum absolute atomic E-state index is 10.2. The Bertz CT molecular complexity index is 163. The quantitative estimate of drug-likeness (QED) is 0.257. The van der Waals surface area contributed by atoms with E-state index in [0.717, 1.165) is 11.8 Å². The highest BCUT2D eigenvalue weighted by Crippen LogP contribution is 2.02. The van der Waals surface area contributed by atoms with Crippen LogP contribution in [0.1, 0.15) is 0 Å². The van der Waals surface area contributed by atoms with Gasteiger partial charge in [0.1, 0.15) is 10.4 Å². The molecule has 0 amide bonds. The second-order valence-electron chi connectivity index (χ2n) is 1.69. The van der Waals surface area contributed by atoms with E-state index in [-0.39, 0.29) is 5.75 Å². The van der Waals surface area contributed by atoms with Gasteiger partial charge in [-0.25, -0.2) is 5.84 Å². The van der Waals surface area contributed by atoms with Gasteiger partial charge in [0.25, 0.3) is 0 Å². The number of nitrogens with two attached hydrogens (primary N) is 2. The molecule has 0 aliphatic heterocycles. The largest absolute Gasteiger partial charge is 0.480 e. The molecule has 64 valence electrons. The highest BCUT2D eigenvalue weighted by Gasteiger charge is 2.11. The van der Waals surface area contributed by atoms with Crippen LogP contribution in [-0.4, -0.2) is 27.2 Å². The molecule has 0 radical (unpaired) electrons. The molecule has 1 atom stereocenters. The summed E-state index contributed by atoms with van der Waals surface area (Å²) in [5.41, 5.74) is 7.38. The van der Waals surface area contributed by atoms with Crippen LogP contribution >= 0.6 is 24.0 Å². The minimum Gasteiger partial charge on any atom is -0.480 e. The summed E-state index contributed by atoms with van der Waals surface area (Å²) < 4.78 is 0.335. The molecular formula is C4H9N3O2S2. The van der Waals surface area contributed by atoms with Gasteiger partial charge < -0.3 is 16.3 Å². The molecule has 6 N–H and O–H groups in total. The lowest BCUT2D eigenvalue weighted by Crippen LogP contribution is -2.34. The van der Waals surface area contributed by atoms with E-state index in [1.54, 1.807) is 0 Å². The number of thioether (sulfide) groups is 1. The molecule has 0 rings (SSSR count). The number of hydrogen-bond donors (Lipinski definition) is 4. The lowest BCUT2D eigenvalue weighted by Gasteiger charge is -2.05. The van der Waals surface area contributed by atoms with Crippen molar-refractivity contribution in [2.24, 2.45) is 11.6 Å². The SMILES string of the molecule is NNC(=S)SCC(N)C(=O)O. The maximum Gasteiger partial charge on any atom is 0.321 e. The zero-order valence-corrected chi connectivity index (χ0v) is 7.24. The minimum absolute atomic E-state index is 0.221. The monoisotopic (exact) mass is 195 g/mol. The van der Waals surface area contributed by atoms with Gasteiger partial charge in [-0.15, -0.1) is 0 Å². The summed E-state index contributed by atoms with van der Waals surface area (Å²) in [7, 11) is 0. The Balaban J connectivity index is 3.54. The van der Waals surface area contributed by atoms with Crippen LogP contribution in [0.2, 0.25) is 0 Å². The van der Waals surface area contributed by atoms with E-state index in [4.69, 9.17) is 16.7 Å². The first-order valence-electron chi connectivity index (χ1n) is 2.69. The summed E-state index contributed by atoms with van der Waals surface area (Å²) in [6, 6.07) is -0.897. The van der Waals surface area contributed by atoms with Gasteiger partial charge in [-0.1, -0.05) is 24.0 Å². The van der Waals surface area contributed by atoms with Crippen LogP contribution in [-0.2, 0) is 4.79 Å². The number of carbonyl (C=O) groups is 1. The Kier molecular flexibility index (Phi) is 5.12. The predicted molar refractivity (Wildman–Crippen MR) is 48.0 cm³/mol. The smallest absolute Gasteiger partial charge is 0.321 e. The fourth-order valence-electron chi connectivity index (χ4n) is 0.278. The van der Waals surface area contributed by atoms with Crippen molar-refractivity contribution in [3.63, 3.8) is 0 Å². The standard InChI is InChI=1S/C4H9N3O2S2/c5-2(3(8)9)1-11-4(10)7-6/h2H,1,5-6H2,(H,7,10)(H,8,9). The van der Waals surface area contributed by atoms with Gasteiger partial charge in [-0.3, -0.25) is 4.79 Å². The lowest BCUT2D eigenvalue weighted by atomic mass is 10.4. The Hall–Kier alpha value is -0.370. The van der Waals surface area contributed by atoms with E-state index in [1.807, 2.05) is 0 Å². The van der Waals surface area contributed by atoms with Gasteiger partial charge in [0.15, 0.2) is 0 Å². The third kappa shape index (κ3) is 4.96. The summed E-state index contributed by atoms with van der Waals surface area (Å²) in [6.45, 7) is 0. The molecule has 0 saturated carbocycles. The van der Waals surface area contributed by atoms with E-state index >= 15 is 0 Å². The predicted octanol–water partition coefficient (Wildman–Crippen LogP) is -1.12. The molecule has 0 heterocycles. The average Bonchev–Trinajstić information content (AvgIpc) is 1.99. The second-order valence-corrected chi connectivity index (χ2v) is 3.38. The van der Waals surface area contributed by atoms with Crippen molar-refractivity contribution < 1.29 is 9.90 Å². The number of rotatable bonds is 3. The minimum atomic E-state index is -1.04. The average molecular weight is 195 g/mol. The van der Waals surface area contributed by atoms with Gasteiger partial charge in [-0.05, 0) is 0 Å². The van der Waals surface area contributed by atoms with Crippen LogP contribution in [0.5, 0.6) is 0 Å². The second kappa shape index (κ2) is 5.30. The van der Waals surface area contributed by atoms with Crippen molar-refractivity contribution >= 4 is 34.3 Å². The molecule has 0 bridgehead atoms. The Labute approximate surface area is 73.5 Å². The fraction of sp³-hybridized carbons (Fsp3) is 0.500. The number of aliphatic carboxylic acids is 1. The molecule has 7 heteroatoms. The number of carboxylic acids is 1. The molecule has 5 nitrogen and oxygen atoms in total. The van der Waals surface area contributed by atoms with Crippen LogP contribution in [0.3, 0.4) is 0 Å². The Morgan fingerprint density at radius 3 is 2.73 bits per heavy atom. The zero-order valence-electron chi connectivity index (χ0n) is 5.61. The third-order valence-corrected chi connectivity index (χ3v) is 2.21. The molecule has 11 heavy (non-hydrogen) atoms. The van der Waals surface area contributed by atoms with Crippen molar-refractivity contribution in [2.45, 2.75) is 6.04 Å². The van der Waals surface area contributed by atoms with Gasteiger partial charge in [0.05, 0.1) is 0 Å². The van der Waals surface area contributed by atoms with Crippen LogP contribution in [0.4, 0.5) is 0 Å². The van der Waals surface area contributed by atoms with Crippen LogP contribution in [0.25, 0.3) is 0 Å². The maximum atomic E-state index is 10.2. The van der Waals surface area contributed by atoms with Crippen molar-refractivity contribution in [2.75, 3.05) is 5.75 Å². The van der Waals surface area contributed by atoms with Crippen molar-refractivity contribution in [1.29, 1.82) is 0 Å². The van der Waals surface area contributed by atoms with Gasteiger partial charge in [0.2, 0.25) is 0 Å². The summed E-state index contributed by atoms with van der Waals surface area (Å²) in [5.74, 6) is 4.11. The first-order valence-corrected chi connectivity index (χ1v) is 4.09. The van der Waals surface area contributed by atoms with Crippen molar-refractivity contribution in [3.05, 3.63) is 0 Å². The third-order valence-electron chi connectivity index (χ3n) is 0.829. The molecule has 0 aromatic heterocycles. The summed E-state index contributed by atoms with van der Waals surface area (Å²) >= 11 is 5.74. The zero-order chi connectivity index (χ0) is 8.85. The van der Waals surface area contributed by atoms with Crippen molar-refractivity contribution in [1.82, 2.24) is 5.43 Å².